The fourth-order valence-corrected chi connectivity index (χ4v) is 2.52. The van der Waals surface area contributed by atoms with Crippen LogP contribution in [-0.2, 0) is 11.3 Å². The average molecular weight is 237 g/mol. The van der Waals surface area contributed by atoms with Crippen molar-refractivity contribution in [2.24, 2.45) is 11.8 Å². The van der Waals surface area contributed by atoms with Gasteiger partial charge in [0.2, 0.25) is 0 Å². The van der Waals surface area contributed by atoms with Gasteiger partial charge >= 0.3 is 5.97 Å². The van der Waals surface area contributed by atoms with Gasteiger partial charge in [-0.3, -0.25) is 9.48 Å². The van der Waals surface area contributed by atoms with Crippen molar-refractivity contribution in [2.75, 3.05) is 13.1 Å². The van der Waals surface area contributed by atoms with Crippen LogP contribution in [-0.4, -0.2) is 33.9 Å². The maximum absolute atomic E-state index is 11.0. The molecule has 94 valence electrons. The van der Waals surface area contributed by atoms with Gasteiger partial charge in [-0.15, -0.1) is 0 Å². The third kappa shape index (κ3) is 3.30. The third-order valence-corrected chi connectivity index (χ3v) is 3.46. The number of hydrogen-bond acceptors (Lipinski definition) is 3. The molecular formula is C12H19N3O2. The largest absolute Gasteiger partial charge is 0.481 e. The minimum absolute atomic E-state index is 0.146. The minimum atomic E-state index is -0.638. The summed E-state index contributed by atoms with van der Waals surface area (Å²) in [6.07, 6.45) is 6.60. The number of carboxylic acid groups (broad SMARTS) is 1. The number of nitrogens with one attached hydrogen (secondary N) is 1. The van der Waals surface area contributed by atoms with Gasteiger partial charge < -0.3 is 10.4 Å². The standard InChI is InChI=1S/C12H19N3O2/c16-12(17)11-4-1-3-10(11)9-13-6-8-15-7-2-5-14-15/h2,5,7,10-11,13H,1,3-4,6,8-9H2,(H,16,17). The molecule has 2 rings (SSSR count). The average Bonchev–Trinajstić information content (AvgIpc) is 2.95. The van der Waals surface area contributed by atoms with E-state index in [4.69, 9.17) is 5.11 Å². The van der Waals surface area contributed by atoms with Crippen LogP contribution in [0.3, 0.4) is 0 Å². The molecule has 1 heterocycles. The number of rotatable bonds is 6. The van der Waals surface area contributed by atoms with Gasteiger partial charge in [0.1, 0.15) is 0 Å². The van der Waals surface area contributed by atoms with Crippen molar-refractivity contribution < 1.29 is 9.90 Å². The molecule has 2 unspecified atom stereocenters. The quantitative estimate of drug-likeness (QED) is 0.724. The van der Waals surface area contributed by atoms with Crippen LogP contribution in [0.4, 0.5) is 0 Å². The highest BCUT2D eigenvalue weighted by molar-refractivity contribution is 5.70. The molecule has 1 fully saturated rings. The van der Waals surface area contributed by atoms with E-state index in [0.29, 0.717) is 5.92 Å². The smallest absolute Gasteiger partial charge is 0.306 e. The van der Waals surface area contributed by atoms with Gasteiger partial charge in [-0.05, 0) is 31.4 Å². The first-order valence-corrected chi connectivity index (χ1v) is 6.18. The second-order valence-corrected chi connectivity index (χ2v) is 4.61. The second kappa shape index (κ2) is 5.82. The van der Waals surface area contributed by atoms with Crippen LogP contribution in [0.25, 0.3) is 0 Å². The van der Waals surface area contributed by atoms with Crippen LogP contribution in [0.2, 0.25) is 0 Å². The summed E-state index contributed by atoms with van der Waals surface area (Å²) in [6, 6.07) is 1.90. The molecule has 1 aromatic rings. The Hall–Kier alpha value is -1.36. The lowest BCUT2D eigenvalue weighted by atomic mass is 9.96. The van der Waals surface area contributed by atoms with E-state index in [9.17, 15) is 4.79 Å². The lowest BCUT2D eigenvalue weighted by Crippen LogP contribution is -2.31. The topological polar surface area (TPSA) is 67.2 Å². The Bertz CT molecular complexity index is 351. The summed E-state index contributed by atoms with van der Waals surface area (Å²) in [6.45, 7) is 2.47. The molecular weight excluding hydrogens is 218 g/mol. The van der Waals surface area contributed by atoms with Crippen LogP contribution in [0.5, 0.6) is 0 Å². The molecule has 2 N–H and O–H groups in total. The molecule has 2 atom stereocenters. The second-order valence-electron chi connectivity index (χ2n) is 4.61. The zero-order chi connectivity index (χ0) is 12.1. The third-order valence-electron chi connectivity index (χ3n) is 3.46. The first-order valence-electron chi connectivity index (χ1n) is 6.18. The highest BCUT2D eigenvalue weighted by Crippen LogP contribution is 2.31. The molecule has 0 aliphatic heterocycles. The van der Waals surface area contributed by atoms with Crippen molar-refractivity contribution in [3.8, 4) is 0 Å². The fourth-order valence-electron chi connectivity index (χ4n) is 2.52. The summed E-state index contributed by atoms with van der Waals surface area (Å²) in [5.41, 5.74) is 0. The number of nitrogens with zero attached hydrogens (tertiary/aromatic N) is 2. The molecule has 0 aromatic carbocycles. The zero-order valence-electron chi connectivity index (χ0n) is 9.88. The molecule has 0 saturated heterocycles. The molecule has 1 aliphatic carbocycles. The predicted octanol–water partition coefficient (Wildman–Crippen LogP) is 0.974. The number of hydrogen-bond donors (Lipinski definition) is 2. The van der Waals surface area contributed by atoms with Gasteiger partial charge in [0, 0.05) is 18.9 Å². The van der Waals surface area contributed by atoms with E-state index in [1.54, 1.807) is 6.20 Å². The van der Waals surface area contributed by atoms with Crippen LogP contribution in [0, 0.1) is 11.8 Å². The van der Waals surface area contributed by atoms with E-state index < -0.39 is 5.97 Å². The SMILES string of the molecule is O=C(O)C1CCCC1CNCCn1cccn1. The van der Waals surface area contributed by atoms with Crippen molar-refractivity contribution in [1.29, 1.82) is 0 Å². The van der Waals surface area contributed by atoms with E-state index in [1.165, 1.54) is 0 Å². The van der Waals surface area contributed by atoms with Crippen LogP contribution in [0.15, 0.2) is 18.5 Å². The first kappa shape index (κ1) is 12.1. The van der Waals surface area contributed by atoms with E-state index in [2.05, 4.69) is 10.4 Å². The van der Waals surface area contributed by atoms with Crippen molar-refractivity contribution in [1.82, 2.24) is 15.1 Å². The highest BCUT2D eigenvalue weighted by Gasteiger charge is 2.32. The maximum atomic E-state index is 11.0. The highest BCUT2D eigenvalue weighted by atomic mass is 16.4. The summed E-state index contributed by atoms with van der Waals surface area (Å²) in [5.74, 6) is -0.487. The number of carbonyl (C=O) groups is 1. The van der Waals surface area contributed by atoms with Crippen molar-refractivity contribution in [2.45, 2.75) is 25.8 Å². The Balaban J connectivity index is 1.66. The Morgan fingerprint density at radius 3 is 3.12 bits per heavy atom. The van der Waals surface area contributed by atoms with Gasteiger partial charge in [0.15, 0.2) is 0 Å². The van der Waals surface area contributed by atoms with Crippen molar-refractivity contribution in [3.05, 3.63) is 18.5 Å². The van der Waals surface area contributed by atoms with Crippen LogP contribution >= 0.6 is 0 Å². The fraction of sp³-hybridized carbons (Fsp3) is 0.667. The summed E-state index contributed by atoms with van der Waals surface area (Å²) >= 11 is 0. The first-order chi connectivity index (χ1) is 8.27. The normalized spacial score (nSPS) is 24.0. The number of aromatic nitrogens is 2. The lowest BCUT2D eigenvalue weighted by molar-refractivity contribution is -0.142. The monoisotopic (exact) mass is 237 g/mol. The lowest BCUT2D eigenvalue weighted by Gasteiger charge is -2.16. The molecule has 1 saturated carbocycles. The van der Waals surface area contributed by atoms with E-state index in [0.717, 1.165) is 38.9 Å². The summed E-state index contributed by atoms with van der Waals surface area (Å²) < 4.78 is 1.87. The van der Waals surface area contributed by atoms with E-state index >= 15 is 0 Å². The molecule has 1 aliphatic rings. The van der Waals surface area contributed by atoms with E-state index in [1.807, 2.05) is 16.9 Å². The number of aliphatic carboxylic acids is 1. The summed E-state index contributed by atoms with van der Waals surface area (Å²) in [5, 5.41) is 16.5. The summed E-state index contributed by atoms with van der Waals surface area (Å²) in [4.78, 5) is 11.0. The summed E-state index contributed by atoms with van der Waals surface area (Å²) in [7, 11) is 0. The van der Waals surface area contributed by atoms with Gasteiger partial charge in [-0.1, -0.05) is 6.42 Å². The Morgan fingerprint density at radius 1 is 1.53 bits per heavy atom. The molecule has 5 heteroatoms. The molecule has 0 radical (unpaired) electrons. The molecule has 0 spiro atoms. The Labute approximate surface area is 101 Å². The van der Waals surface area contributed by atoms with Gasteiger partial charge in [-0.2, -0.15) is 5.10 Å². The molecule has 0 bridgehead atoms. The molecule has 1 aromatic heterocycles. The zero-order valence-corrected chi connectivity index (χ0v) is 9.88. The molecule has 17 heavy (non-hydrogen) atoms. The Morgan fingerprint density at radius 2 is 2.41 bits per heavy atom. The van der Waals surface area contributed by atoms with Crippen LogP contribution < -0.4 is 5.32 Å². The van der Waals surface area contributed by atoms with Gasteiger partial charge in [-0.25, -0.2) is 0 Å². The van der Waals surface area contributed by atoms with Crippen LogP contribution in [0.1, 0.15) is 19.3 Å². The Kier molecular flexibility index (Phi) is 4.14. The number of carboxylic acids is 1. The predicted molar refractivity (Wildman–Crippen MR) is 63.6 cm³/mol. The van der Waals surface area contributed by atoms with Crippen molar-refractivity contribution in [3.63, 3.8) is 0 Å². The minimum Gasteiger partial charge on any atom is -0.481 e. The molecule has 5 nitrogen and oxygen atoms in total. The van der Waals surface area contributed by atoms with E-state index in [-0.39, 0.29) is 5.92 Å². The maximum Gasteiger partial charge on any atom is 0.306 e. The van der Waals surface area contributed by atoms with Gasteiger partial charge in [0.05, 0.1) is 12.5 Å². The van der Waals surface area contributed by atoms with Gasteiger partial charge in [0.25, 0.3) is 0 Å². The van der Waals surface area contributed by atoms with Crippen molar-refractivity contribution >= 4 is 5.97 Å². The molecule has 0 amide bonds.